The number of carbonyl (C=O) groups is 1. The highest BCUT2D eigenvalue weighted by atomic mass is 28.4. The molecule has 5 heteroatoms. The summed E-state index contributed by atoms with van der Waals surface area (Å²) in [6.07, 6.45) is 1.25. The molecule has 3 atom stereocenters. The van der Waals surface area contributed by atoms with Gasteiger partial charge in [-0.25, -0.2) is 0 Å². The van der Waals surface area contributed by atoms with Crippen molar-refractivity contribution in [2.45, 2.75) is 52.8 Å². The number of hydrogen-bond acceptors (Lipinski definition) is 4. The van der Waals surface area contributed by atoms with Gasteiger partial charge in [0.05, 0.1) is 0 Å². The Morgan fingerprint density at radius 3 is 2.05 bits per heavy atom. The van der Waals surface area contributed by atoms with E-state index in [2.05, 4.69) is 33.5 Å². The molecular weight excluding hydrogens is 284 g/mol. The first-order chi connectivity index (χ1) is 9.62. The minimum atomic E-state index is -1.82. The van der Waals surface area contributed by atoms with Crippen molar-refractivity contribution in [3.05, 3.63) is 11.6 Å². The molecular formula is C16H30O4Si. The Morgan fingerprint density at radius 2 is 1.67 bits per heavy atom. The molecule has 0 aliphatic heterocycles. The maximum Gasteiger partial charge on any atom is 0.186 e. The average molecular weight is 314 g/mol. The Bertz CT molecular complexity index is 394. The van der Waals surface area contributed by atoms with Crippen molar-refractivity contribution in [3.63, 3.8) is 0 Å². The summed E-state index contributed by atoms with van der Waals surface area (Å²) in [5.74, 6) is 0.507. The van der Waals surface area contributed by atoms with Crippen LogP contribution in [0.1, 0.15) is 20.8 Å². The molecule has 0 aromatic carbocycles. The Labute approximate surface area is 130 Å². The van der Waals surface area contributed by atoms with E-state index in [-0.39, 0.29) is 30.0 Å². The molecule has 122 valence electrons. The molecule has 0 amide bonds. The van der Waals surface area contributed by atoms with Crippen LogP contribution in [0.2, 0.25) is 19.6 Å². The van der Waals surface area contributed by atoms with Crippen LogP contribution in [0.25, 0.3) is 0 Å². The summed E-state index contributed by atoms with van der Waals surface area (Å²) in [5.41, 5.74) is 0.749. The quantitative estimate of drug-likeness (QED) is 0.558. The second kappa shape index (κ2) is 7.18. The zero-order valence-corrected chi connectivity index (χ0v) is 15.6. The van der Waals surface area contributed by atoms with E-state index < -0.39 is 8.32 Å². The van der Waals surface area contributed by atoms with Crippen LogP contribution in [0.5, 0.6) is 0 Å². The fourth-order valence-electron chi connectivity index (χ4n) is 3.06. The van der Waals surface area contributed by atoms with Crippen LogP contribution in [0, 0.1) is 17.8 Å². The van der Waals surface area contributed by atoms with Gasteiger partial charge >= 0.3 is 0 Å². The standard InChI is InChI=1S/C16H30O4Si/c1-10(2)13-12(16(18-4)19-5)9-11(3)14(17)15(13)20-21(6,7)8/h9-10,12-13,15-16H,1-8H3/t12-,13+,15-/m1/s1. The van der Waals surface area contributed by atoms with E-state index in [1.165, 1.54) is 0 Å². The molecule has 1 rings (SSSR count). The van der Waals surface area contributed by atoms with Crippen LogP contribution in [0.4, 0.5) is 0 Å². The molecule has 21 heavy (non-hydrogen) atoms. The number of ketones is 1. The minimum absolute atomic E-state index is 0.0269. The SMILES string of the molecule is COC(OC)[C@@H]1C=C(C)C(=O)[C@H](O[Si](C)(C)C)[C@H]1C(C)C. The smallest absolute Gasteiger partial charge is 0.186 e. The van der Waals surface area contributed by atoms with Crippen LogP contribution in [0.15, 0.2) is 11.6 Å². The fourth-order valence-corrected chi connectivity index (χ4v) is 4.09. The number of methoxy groups -OCH3 is 2. The second-order valence-electron chi connectivity index (χ2n) is 7.10. The lowest BCUT2D eigenvalue weighted by molar-refractivity contribution is -0.158. The zero-order valence-electron chi connectivity index (χ0n) is 14.6. The van der Waals surface area contributed by atoms with Gasteiger partial charge in [0.2, 0.25) is 0 Å². The van der Waals surface area contributed by atoms with Crippen LogP contribution < -0.4 is 0 Å². The van der Waals surface area contributed by atoms with Crippen molar-refractivity contribution in [2.75, 3.05) is 14.2 Å². The van der Waals surface area contributed by atoms with Gasteiger partial charge in [0.15, 0.2) is 20.4 Å². The average Bonchev–Trinajstić information content (AvgIpc) is 2.34. The first kappa shape index (κ1) is 18.6. The molecule has 0 bridgehead atoms. The van der Waals surface area contributed by atoms with E-state index in [9.17, 15) is 4.79 Å². The molecule has 0 fully saturated rings. The predicted octanol–water partition coefficient (Wildman–Crippen LogP) is 3.24. The van der Waals surface area contributed by atoms with E-state index in [1.807, 2.05) is 13.0 Å². The van der Waals surface area contributed by atoms with Gasteiger partial charge in [-0.15, -0.1) is 0 Å². The lowest BCUT2D eigenvalue weighted by atomic mass is 9.72. The van der Waals surface area contributed by atoms with Gasteiger partial charge in [-0.1, -0.05) is 19.9 Å². The lowest BCUT2D eigenvalue weighted by Gasteiger charge is -2.42. The zero-order chi connectivity index (χ0) is 16.4. The summed E-state index contributed by atoms with van der Waals surface area (Å²) in [4.78, 5) is 12.6. The van der Waals surface area contributed by atoms with E-state index in [0.717, 1.165) is 5.57 Å². The second-order valence-corrected chi connectivity index (χ2v) is 11.6. The first-order valence-electron chi connectivity index (χ1n) is 7.58. The van der Waals surface area contributed by atoms with E-state index in [0.29, 0.717) is 5.92 Å². The first-order valence-corrected chi connectivity index (χ1v) is 11.0. The highest BCUT2D eigenvalue weighted by Gasteiger charge is 2.45. The molecule has 0 radical (unpaired) electrons. The normalized spacial score (nSPS) is 27.4. The predicted molar refractivity (Wildman–Crippen MR) is 86.6 cm³/mol. The molecule has 0 aromatic rings. The molecule has 1 aliphatic rings. The van der Waals surface area contributed by atoms with Gasteiger partial charge < -0.3 is 13.9 Å². The van der Waals surface area contributed by atoms with Crippen molar-refractivity contribution < 1.29 is 18.7 Å². The molecule has 0 spiro atoms. The van der Waals surface area contributed by atoms with Gasteiger partial charge in [0.25, 0.3) is 0 Å². The van der Waals surface area contributed by atoms with Gasteiger partial charge in [-0.3, -0.25) is 4.79 Å². The topological polar surface area (TPSA) is 44.8 Å². The Kier molecular flexibility index (Phi) is 6.34. The summed E-state index contributed by atoms with van der Waals surface area (Å²) in [7, 11) is 1.46. The van der Waals surface area contributed by atoms with E-state index in [4.69, 9.17) is 13.9 Å². The molecule has 0 saturated heterocycles. The number of ether oxygens (including phenoxy) is 2. The maximum atomic E-state index is 12.6. The van der Waals surface area contributed by atoms with E-state index in [1.54, 1.807) is 14.2 Å². The van der Waals surface area contributed by atoms with Crippen LogP contribution in [-0.2, 0) is 18.7 Å². The van der Waals surface area contributed by atoms with Crippen molar-refractivity contribution in [2.24, 2.45) is 17.8 Å². The Hall–Kier alpha value is -0.493. The van der Waals surface area contributed by atoms with Crippen LogP contribution in [0.3, 0.4) is 0 Å². The largest absolute Gasteiger partial charge is 0.407 e. The molecule has 1 aliphatic carbocycles. The third-order valence-corrected chi connectivity index (χ3v) is 4.87. The number of Topliss-reactive ketones (excluding diaryl/α,β-unsaturated/α-hetero) is 1. The van der Waals surface area contributed by atoms with Crippen molar-refractivity contribution in [1.82, 2.24) is 0 Å². The number of carbonyl (C=O) groups excluding carboxylic acids is 1. The monoisotopic (exact) mass is 314 g/mol. The Morgan fingerprint density at radius 1 is 1.14 bits per heavy atom. The van der Waals surface area contributed by atoms with Gasteiger partial charge in [0.1, 0.15) is 6.10 Å². The van der Waals surface area contributed by atoms with Crippen LogP contribution in [-0.4, -0.2) is 40.7 Å². The number of rotatable bonds is 6. The molecule has 0 aromatic heterocycles. The van der Waals surface area contributed by atoms with Crippen molar-refractivity contribution in [3.8, 4) is 0 Å². The summed E-state index contributed by atoms with van der Waals surface area (Å²) in [6.45, 7) is 12.5. The summed E-state index contributed by atoms with van der Waals surface area (Å²) >= 11 is 0. The van der Waals surface area contributed by atoms with Gasteiger partial charge in [-0.2, -0.15) is 0 Å². The lowest BCUT2D eigenvalue weighted by Crippen LogP contribution is -2.50. The molecule has 0 saturated carbocycles. The fraction of sp³-hybridized carbons (Fsp3) is 0.812. The third-order valence-electron chi connectivity index (χ3n) is 3.91. The summed E-state index contributed by atoms with van der Waals surface area (Å²) < 4.78 is 17.2. The van der Waals surface area contributed by atoms with Gasteiger partial charge in [-0.05, 0) is 38.1 Å². The molecule has 0 N–H and O–H groups in total. The summed E-state index contributed by atoms with van der Waals surface area (Å²) in [6, 6.07) is 0. The van der Waals surface area contributed by atoms with Crippen molar-refractivity contribution >= 4 is 14.1 Å². The van der Waals surface area contributed by atoms with E-state index >= 15 is 0 Å². The summed E-state index contributed by atoms with van der Waals surface area (Å²) in [5, 5.41) is 0. The number of hydrogen-bond donors (Lipinski definition) is 0. The Balaban J connectivity index is 3.22. The maximum absolute atomic E-state index is 12.6. The molecule has 4 nitrogen and oxygen atoms in total. The minimum Gasteiger partial charge on any atom is -0.407 e. The third kappa shape index (κ3) is 4.49. The highest BCUT2D eigenvalue weighted by Crippen LogP contribution is 2.38. The van der Waals surface area contributed by atoms with Crippen LogP contribution >= 0.6 is 0 Å². The van der Waals surface area contributed by atoms with Crippen molar-refractivity contribution in [1.29, 1.82) is 0 Å². The molecule has 0 heterocycles. The highest BCUT2D eigenvalue weighted by molar-refractivity contribution is 6.70. The molecule has 0 unspecified atom stereocenters. The van der Waals surface area contributed by atoms with Gasteiger partial charge in [0, 0.05) is 26.1 Å².